The number of nitrogens with zero attached hydrogens (tertiary/aromatic N) is 2. The van der Waals surface area contributed by atoms with Crippen LogP contribution in [-0.4, -0.2) is 74.9 Å². The van der Waals surface area contributed by atoms with E-state index in [1.807, 2.05) is 38.4 Å². The Morgan fingerprint density at radius 2 is 1.94 bits per heavy atom. The molecule has 1 saturated heterocycles. The molecule has 1 unspecified atom stereocenters. The lowest BCUT2D eigenvalue weighted by Gasteiger charge is -2.42. The minimum absolute atomic E-state index is 0.0811. The molecule has 1 heterocycles. The van der Waals surface area contributed by atoms with Gasteiger partial charge in [0, 0.05) is 31.2 Å². The topological polar surface area (TPSA) is 77.3 Å². The fourth-order valence-electron chi connectivity index (χ4n) is 3.73. The quantitative estimate of drug-likeness (QED) is 0.554. The SMILES string of the molecule is CN(C)CCOc1cccc(CN2CCOC(COc3cccc(Cl)c3)(CC(N)=O)C2)c1. The highest BCUT2D eigenvalue weighted by atomic mass is 35.5. The fourth-order valence-corrected chi connectivity index (χ4v) is 3.91. The van der Waals surface area contributed by atoms with Gasteiger partial charge in [-0.2, -0.15) is 0 Å². The molecule has 7 nitrogen and oxygen atoms in total. The van der Waals surface area contributed by atoms with E-state index in [0.29, 0.717) is 37.1 Å². The lowest BCUT2D eigenvalue weighted by molar-refractivity contribution is -0.148. The molecular formula is C24H32ClN3O4. The first kappa shape index (κ1) is 24.3. The Morgan fingerprint density at radius 3 is 2.66 bits per heavy atom. The number of hydrogen-bond donors (Lipinski definition) is 1. The van der Waals surface area contributed by atoms with Gasteiger partial charge in [0.2, 0.25) is 5.91 Å². The molecule has 1 aliphatic rings. The van der Waals surface area contributed by atoms with E-state index in [-0.39, 0.29) is 13.0 Å². The Kier molecular flexibility index (Phi) is 8.75. The van der Waals surface area contributed by atoms with Crippen LogP contribution in [0, 0.1) is 0 Å². The van der Waals surface area contributed by atoms with E-state index in [0.717, 1.165) is 24.4 Å². The maximum Gasteiger partial charge on any atom is 0.220 e. The van der Waals surface area contributed by atoms with Crippen molar-refractivity contribution in [3.8, 4) is 11.5 Å². The molecule has 1 atom stereocenters. The van der Waals surface area contributed by atoms with Crippen molar-refractivity contribution in [2.75, 3.05) is 53.6 Å². The molecule has 3 rings (SSSR count). The van der Waals surface area contributed by atoms with E-state index in [2.05, 4.69) is 21.9 Å². The van der Waals surface area contributed by atoms with E-state index < -0.39 is 11.5 Å². The molecule has 2 N–H and O–H groups in total. The van der Waals surface area contributed by atoms with Crippen LogP contribution in [0.1, 0.15) is 12.0 Å². The van der Waals surface area contributed by atoms with Crippen molar-refractivity contribution in [2.45, 2.75) is 18.6 Å². The van der Waals surface area contributed by atoms with E-state index >= 15 is 0 Å². The van der Waals surface area contributed by atoms with Gasteiger partial charge in [0.15, 0.2) is 0 Å². The van der Waals surface area contributed by atoms with Crippen molar-refractivity contribution in [1.29, 1.82) is 0 Å². The third-order valence-corrected chi connectivity index (χ3v) is 5.47. The first-order chi connectivity index (χ1) is 15.3. The summed E-state index contributed by atoms with van der Waals surface area (Å²) in [5.41, 5.74) is 5.88. The van der Waals surface area contributed by atoms with Gasteiger partial charge in [0.1, 0.15) is 30.3 Å². The van der Waals surface area contributed by atoms with Gasteiger partial charge < -0.3 is 24.8 Å². The lowest BCUT2D eigenvalue weighted by atomic mass is 9.97. The summed E-state index contributed by atoms with van der Waals surface area (Å²) in [6, 6.07) is 15.3. The minimum Gasteiger partial charge on any atom is -0.492 e. The number of primary amides is 1. The highest BCUT2D eigenvalue weighted by molar-refractivity contribution is 6.30. The number of morpholine rings is 1. The van der Waals surface area contributed by atoms with Gasteiger partial charge >= 0.3 is 0 Å². The lowest BCUT2D eigenvalue weighted by Crippen LogP contribution is -2.56. The van der Waals surface area contributed by atoms with Gasteiger partial charge in [-0.15, -0.1) is 0 Å². The summed E-state index contributed by atoms with van der Waals surface area (Å²) >= 11 is 6.05. The summed E-state index contributed by atoms with van der Waals surface area (Å²) in [5, 5.41) is 0.588. The highest BCUT2D eigenvalue weighted by Crippen LogP contribution is 2.26. The van der Waals surface area contributed by atoms with Crippen LogP contribution in [0.15, 0.2) is 48.5 Å². The summed E-state index contributed by atoms with van der Waals surface area (Å²) in [4.78, 5) is 16.2. The smallest absolute Gasteiger partial charge is 0.220 e. The minimum atomic E-state index is -0.813. The second-order valence-electron chi connectivity index (χ2n) is 8.43. The van der Waals surface area contributed by atoms with Crippen LogP contribution in [-0.2, 0) is 16.1 Å². The Hall–Kier alpha value is -2.32. The van der Waals surface area contributed by atoms with Gasteiger partial charge in [0.25, 0.3) is 0 Å². The highest BCUT2D eigenvalue weighted by Gasteiger charge is 2.39. The molecule has 1 fully saturated rings. The van der Waals surface area contributed by atoms with Crippen molar-refractivity contribution in [3.05, 3.63) is 59.1 Å². The molecule has 1 amide bonds. The predicted octanol–water partition coefficient (Wildman–Crippen LogP) is 2.81. The molecule has 2 aromatic rings. The molecular weight excluding hydrogens is 430 g/mol. The molecule has 0 radical (unpaired) electrons. The van der Waals surface area contributed by atoms with E-state index in [9.17, 15) is 4.79 Å². The second-order valence-corrected chi connectivity index (χ2v) is 8.87. The third-order valence-electron chi connectivity index (χ3n) is 5.23. The molecule has 0 bridgehead atoms. The fraction of sp³-hybridized carbons (Fsp3) is 0.458. The number of likely N-dealkylation sites (N-methyl/N-ethyl adjacent to an activating group) is 1. The van der Waals surface area contributed by atoms with Gasteiger partial charge in [-0.3, -0.25) is 9.69 Å². The normalized spacial score (nSPS) is 19.1. The monoisotopic (exact) mass is 461 g/mol. The Labute approximate surface area is 195 Å². The maximum atomic E-state index is 11.8. The average Bonchev–Trinajstić information content (AvgIpc) is 2.72. The molecule has 0 saturated carbocycles. The van der Waals surface area contributed by atoms with Gasteiger partial charge in [0.05, 0.1) is 13.0 Å². The zero-order valence-electron chi connectivity index (χ0n) is 18.8. The molecule has 0 spiro atoms. The van der Waals surface area contributed by atoms with Crippen LogP contribution >= 0.6 is 11.6 Å². The van der Waals surface area contributed by atoms with Crippen molar-refractivity contribution < 1.29 is 19.0 Å². The predicted molar refractivity (Wildman–Crippen MR) is 125 cm³/mol. The van der Waals surface area contributed by atoms with Crippen LogP contribution in [0.2, 0.25) is 5.02 Å². The van der Waals surface area contributed by atoms with Crippen LogP contribution < -0.4 is 15.2 Å². The Bertz CT molecular complexity index is 895. The number of hydrogen-bond acceptors (Lipinski definition) is 6. The number of nitrogens with two attached hydrogens (primary N) is 1. The summed E-state index contributed by atoms with van der Waals surface area (Å²) in [6.07, 6.45) is 0.0811. The maximum absolute atomic E-state index is 11.8. The third kappa shape index (κ3) is 7.67. The van der Waals surface area contributed by atoms with Crippen molar-refractivity contribution >= 4 is 17.5 Å². The largest absolute Gasteiger partial charge is 0.492 e. The number of benzene rings is 2. The van der Waals surface area contributed by atoms with Crippen molar-refractivity contribution in [2.24, 2.45) is 5.73 Å². The number of rotatable bonds is 11. The molecule has 8 heteroatoms. The van der Waals surface area contributed by atoms with Gasteiger partial charge in [-0.1, -0.05) is 29.8 Å². The second kappa shape index (κ2) is 11.5. The Balaban J connectivity index is 1.64. The van der Waals surface area contributed by atoms with Crippen LogP contribution in [0.3, 0.4) is 0 Å². The van der Waals surface area contributed by atoms with Crippen LogP contribution in [0.4, 0.5) is 0 Å². The first-order valence-corrected chi connectivity index (χ1v) is 11.1. The number of carbonyl (C=O) groups is 1. The van der Waals surface area contributed by atoms with E-state index in [4.69, 9.17) is 31.5 Å². The number of amides is 1. The molecule has 32 heavy (non-hydrogen) atoms. The van der Waals surface area contributed by atoms with Gasteiger partial charge in [-0.05, 0) is 50.0 Å². The molecule has 0 aromatic heterocycles. The summed E-state index contributed by atoms with van der Waals surface area (Å²) in [7, 11) is 4.04. The van der Waals surface area contributed by atoms with Crippen molar-refractivity contribution in [1.82, 2.24) is 9.80 Å². The summed E-state index contributed by atoms with van der Waals surface area (Å²) in [5.74, 6) is 1.06. The van der Waals surface area contributed by atoms with Crippen molar-refractivity contribution in [3.63, 3.8) is 0 Å². The molecule has 174 valence electrons. The zero-order valence-corrected chi connectivity index (χ0v) is 19.5. The number of ether oxygens (including phenoxy) is 3. The van der Waals surface area contributed by atoms with E-state index in [1.54, 1.807) is 12.1 Å². The summed E-state index contributed by atoms with van der Waals surface area (Å²) < 4.78 is 17.9. The number of halogens is 1. The Morgan fingerprint density at radius 1 is 1.19 bits per heavy atom. The summed E-state index contributed by atoms with van der Waals surface area (Å²) in [6.45, 7) is 4.19. The van der Waals surface area contributed by atoms with Crippen LogP contribution in [0.5, 0.6) is 11.5 Å². The van der Waals surface area contributed by atoms with Gasteiger partial charge in [-0.25, -0.2) is 0 Å². The zero-order chi connectivity index (χ0) is 23.0. The molecule has 2 aromatic carbocycles. The standard InChI is InChI=1S/C24H32ClN3O4/c1-27(2)9-11-30-21-7-3-5-19(13-21)16-28-10-12-32-24(17-28,15-23(26)29)18-31-22-8-4-6-20(25)14-22/h3-8,13-14H,9-12,15-18H2,1-2H3,(H2,26,29). The number of carbonyl (C=O) groups excluding carboxylic acids is 1. The first-order valence-electron chi connectivity index (χ1n) is 10.7. The molecule has 1 aliphatic heterocycles. The van der Waals surface area contributed by atoms with E-state index in [1.165, 1.54) is 0 Å². The molecule has 0 aliphatic carbocycles. The van der Waals surface area contributed by atoms with Crippen LogP contribution in [0.25, 0.3) is 0 Å². The average molecular weight is 462 g/mol.